The van der Waals surface area contributed by atoms with E-state index < -0.39 is 6.04 Å². The number of nitrogens with zero attached hydrogens (tertiary/aromatic N) is 1. The summed E-state index contributed by atoms with van der Waals surface area (Å²) in [5.41, 5.74) is 3.02. The van der Waals surface area contributed by atoms with Crippen molar-refractivity contribution in [3.05, 3.63) is 72.1 Å². The zero-order chi connectivity index (χ0) is 17.6. The van der Waals surface area contributed by atoms with Crippen LogP contribution in [0.4, 0.5) is 0 Å². The van der Waals surface area contributed by atoms with E-state index >= 15 is 0 Å². The molecule has 3 rings (SSSR count). The number of aliphatic hydroxyl groups excluding tert-OH is 1. The van der Waals surface area contributed by atoms with Gasteiger partial charge in [0.2, 0.25) is 0 Å². The average molecular weight is 337 g/mol. The van der Waals surface area contributed by atoms with Crippen LogP contribution >= 0.6 is 0 Å². The zero-order valence-electron chi connectivity index (χ0n) is 13.8. The molecule has 3 aromatic rings. The quantitative estimate of drug-likeness (QED) is 0.645. The second kappa shape index (κ2) is 7.63. The van der Waals surface area contributed by atoms with Crippen molar-refractivity contribution >= 4 is 5.91 Å². The number of H-pyrrole nitrogens is 1. The maximum atomic E-state index is 12.6. The molecule has 0 aliphatic rings. The van der Waals surface area contributed by atoms with Gasteiger partial charge in [-0.1, -0.05) is 30.3 Å². The predicted octanol–water partition coefficient (Wildman–Crippen LogP) is 2.55. The van der Waals surface area contributed by atoms with E-state index in [9.17, 15) is 9.90 Å². The molecule has 6 heteroatoms. The Morgan fingerprint density at radius 2 is 2.08 bits per heavy atom. The Bertz CT molecular complexity index is 832. The van der Waals surface area contributed by atoms with Crippen molar-refractivity contribution in [1.29, 1.82) is 0 Å². The number of rotatable bonds is 6. The first-order chi connectivity index (χ1) is 12.2. The maximum Gasteiger partial charge on any atom is 0.251 e. The van der Waals surface area contributed by atoms with E-state index in [1.54, 1.807) is 31.6 Å². The Morgan fingerprint density at radius 3 is 2.72 bits per heavy atom. The van der Waals surface area contributed by atoms with Gasteiger partial charge in [-0.2, -0.15) is 5.10 Å². The summed E-state index contributed by atoms with van der Waals surface area (Å²) < 4.78 is 5.40. The fraction of sp³-hybridized carbons (Fsp3) is 0.158. The molecule has 1 atom stereocenters. The number of methoxy groups -OCH3 is 1. The van der Waals surface area contributed by atoms with E-state index in [0.29, 0.717) is 11.3 Å². The highest BCUT2D eigenvalue weighted by Gasteiger charge is 2.17. The summed E-state index contributed by atoms with van der Waals surface area (Å²) in [4.78, 5) is 12.6. The third kappa shape index (κ3) is 3.70. The van der Waals surface area contributed by atoms with Crippen molar-refractivity contribution in [2.75, 3.05) is 13.7 Å². The number of carbonyl (C=O) groups is 1. The molecule has 3 N–H and O–H groups in total. The number of carbonyl (C=O) groups excluding carboxylic acids is 1. The summed E-state index contributed by atoms with van der Waals surface area (Å²) in [6.45, 7) is -0.181. The zero-order valence-corrected chi connectivity index (χ0v) is 13.8. The van der Waals surface area contributed by atoms with Crippen molar-refractivity contribution in [3.63, 3.8) is 0 Å². The predicted molar refractivity (Wildman–Crippen MR) is 94.3 cm³/mol. The molecular formula is C19H19N3O3. The largest absolute Gasteiger partial charge is 0.496 e. The van der Waals surface area contributed by atoms with E-state index in [4.69, 9.17) is 4.74 Å². The lowest BCUT2D eigenvalue weighted by Gasteiger charge is -2.17. The van der Waals surface area contributed by atoms with Crippen LogP contribution in [0.25, 0.3) is 11.1 Å². The smallest absolute Gasteiger partial charge is 0.251 e. The van der Waals surface area contributed by atoms with Crippen molar-refractivity contribution in [3.8, 4) is 16.9 Å². The van der Waals surface area contributed by atoms with Gasteiger partial charge in [-0.15, -0.1) is 0 Å². The lowest BCUT2D eigenvalue weighted by molar-refractivity contribution is 0.0916. The second-order valence-electron chi connectivity index (χ2n) is 5.52. The summed E-state index contributed by atoms with van der Waals surface area (Å²) in [6.07, 6.45) is 3.45. The van der Waals surface area contributed by atoms with E-state index in [-0.39, 0.29) is 12.5 Å². The normalized spacial score (nSPS) is 11.8. The fourth-order valence-electron chi connectivity index (χ4n) is 2.63. The molecule has 2 aromatic carbocycles. The van der Waals surface area contributed by atoms with Crippen LogP contribution in [0.5, 0.6) is 5.75 Å². The first-order valence-corrected chi connectivity index (χ1v) is 7.86. The molecule has 0 aliphatic heterocycles. The van der Waals surface area contributed by atoms with Gasteiger partial charge in [-0.05, 0) is 23.8 Å². The number of nitrogens with one attached hydrogen (secondary N) is 2. The second-order valence-corrected chi connectivity index (χ2v) is 5.52. The summed E-state index contributed by atoms with van der Waals surface area (Å²) in [6, 6.07) is 14.1. The number of aromatic nitrogens is 2. The van der Waals surface area contributed by atoms with Crippen LogP contribution in [-0.2, 0) is 0 Å². The van der Waals surface area contributed by atoms with Crippen LogP contribution in [0.1, 0.15) is 22.0 Å². The lowest BCUT2D eigenvalue weighted by Crippen LogP contribution is -2.30. The molecular weight excluding hydrogens is 318 g/mol. The molecule has 0 spiro atoms. The van der Waals surface area contributed by atoms with Gasteiger partial charge >= 0.3 is 0 Å². The van der Waals surface area contributed by atoms with E-state index in [1.165, 1.54) is 0 Å². The van der Waals surface area contributed by atoms with Crippen molar-refractivity contribution in [2.45, 2.75) is 6.04 Å². The molecule has 0 radical (unpaired) electrons. The van der Waals surface area contributed by atoms with Crippen molar-refractivity contribution in [1.82, 2.24) is 15.5 Å². The van der Waals surface area contributed by atoms with Crippen molar-refractivity contribution in [2.24, 2.45) is 0 Å². The molecule has 0 unspecified atom stereocenters. The minimum absolute atomic E-state index is 0.181. The van der Waals surface area contributed by atoms with Crippen LogP contribution in [0.3, 0.4) is 0 Å². The number of aromatic amines is 1. The highest BCUT2D eigenvalue weighted by Crippen LogP contribution is 2.30. The molecule has 0 saturated heterocycles. The molecule has 0 fully saturated rings. The van der Waals surface area contributed by atoms with Gasteiger partial charge < -0.3 is 15.2 Å². The highest BCUT2D eigenvalue weighted by molar-refractivity contribution is 5.95. The molecule has 1 aromatic heterocycles. The Balaban J connectivity index is 1.82. The summed E-state index contributed by atoms with van der Waals surface area (Å²) in [5.74, 6) is 0.300. The van der Waals surface area contributed by atoms with Crippen LogP contribution < -0.4 is 10.1 Å². The van der Waals surface area contributed by atoms with Crippen LogP contribution in [0.15, 0.2) is 60.9 Å². The number of hydrogen-bond donors (Lipinski definition) is 3. The Labute approximate surface area is 145 Å². The monoisotopic (exact) mass is 337 g/mol. The summed E-state index contributed by atoms with van der Waals surface area (Å²) in [5, 5.41) is 19.1. The summed E-state index contributed by atoms with van der Waals surface area (Å²) in [7, 11) is 1.56. The van der Waals surface area contributed by atoms with E-state index in [2.05, 4.69) is 15.5 Å². The minimum Gasteiger partial charge on any atom is -0.496 e. The third-order valence-corrected chi connectivity index (χ3v) is 3.96. The van der Waals surface area contributed by atoms with Gasteiger partial charge in [0.05, 0.1) is 26.0 Å². The molecule has 6 nitrogen and oxygen atoms in total. The number of ether oxygens (including phenoxy) is 1. The molecule has 25 heavy (non-hydrogen) atoms. The highest BCUT2D eigenvalue weighted by atomic mass is 16.5. The van der Waals surface area contributed by atoms with Crippen LogP contribution in [0.2, 0.25) is 0 Å². The number of benzene rings is 2. The SMILES string of the molecule is COc1cc(C(=O)N[C@H](CO)c2ccccc2)ccc1-c1cn[nH]c1. The first-order valence-electron chi connectivity index (χ1n) is 7.86. The van der Waals surface area contributed by atoms with Gasteiger partial charge in [0.25, 0.3) is 5.91 Å². The number of amides is 1. The summed E-state index contributed by atoms with van der Waals surface area (Å²) >= 11 is 0. The molecule has 1 heterocycles. The average Bonchev–Trinajstić information content (AvgIpc) is 3.20. The van der Waals surface area contributed by atoms with Crippen LogP contribution in [0, 0.1) is 0 Å². The van der Waals surface area contributed by atoms with Gasteiger partial charge in [0, 0.05) is 22.9 Å². The molecule has 0 saturated carbocycles. The molecule has 0 bridgehead atoms. The van der Waals surface area contributed by atoms with Gasteiger partial charge in [0.1, 0.15) is 5.75 Å². The van der Waals surface area contributed by atoms with E-state index in [1.807, 2.05) is 36.4 Å². The Kier molecular flexibility index (Phi) is 5.11. The minimum atomic E-state index is -0.465. The molecule has 0 aliphatic carbocycles. The van der Waals surface area contributed by atoms with Crippen LogP contribution in [-0.4, -0.2) is 34.9 Å². The molecule has 1 amide bonds. The van der Waals surface area contributed by atoms with Gasteiger partial charge in [-0.3, -0.25) is 9.89 Å². The van der Waals surface area contributed by atoms with Crippen molar-refractivity contribution < 1.29 is 14.6 Å². The molecule has 128 valence electrons. The fourth-order valence-corrected chi connectivity index (χ4v) is 2.63. The van der Waals surface area contributed by atoms with Gasteiger partial charge in [0.15, 0.2) is 0 Å². The van der Waals surface area contributed by atoms with Gasteiger partial charge in [-0.25, -0.2) is 0 Å². The topological polar surface area (TPSA) is 87.2 Å². The number of hydrogen-bond acceptors (Lipinski definition) is 4. The van der Waals surface area contributed by atoms with E-state index in [0.717, 1.165) is 16.7 Å². The first kappa shape index (κ1) is 16.7. The Hall–Kier alpha value is -3.12. The third-order valence-electron chi connectivity index (χ3n) is 3.96. The standard InChI is InChI=1S/C19H19N3O3/c1-25-18-9-14(7-8-16(18)15-10-20-21-11-15)19(24)22-17(12-23)13-5-3-2-4-6-13/h2-11,17,23H,12H2,1H3,(H,20,21)(H,22,24)/t17-/m1/s1. The lowest BCUT2D eigenvalue weighted by atomic mass is 10.0. The number of aliphatic hydroxyl groups is 1. The maximum absolute atomic E-state index is 12.6. The Morgan fingerprint density at radius 1 is 1.28 bits per heavy atom.